The molecule has 1 unspecified atom stereocenters. The largest absolute Gasteiger partial charge is 0.417 e. The minimum absolute atomic E-state index is 0.0590. The number of carbonyl (C=O) groups is 1. The van der Waals surface area contributed by atoms with Gasteiger partial charge in [-0.3, -0.25) is 9.79 Å². The van der Waals surface area contributed by atoms with Crippen LogP contribution in [0.4, 0.5) is 18.9 Å². The van der Waals surface area contributed by atoms with E-state index in [1.807, 2.05) is 0 Å². The summed E-state index contributed by atoms with van der Waals surface area (Å²) >= 11 is 0. The van der Waals surface area contributed by atoms with Crippen LogP contribution in [0.1, 0.15) is 16.7 Å². The zero-order valence-electron chi connectivity index (χ0n) is 12.7. The number of aliphatic imine (C=N–C) groups is 1. The van der Waals surface area contributed by atoms with E-state index < -0.39 is 23.8 Å². The van der Waals surface area contributed by atoms with E-state index in [-0.39, 0.29) is 11.3 Å². The number of rotatable bonds is 1. The normalized spacial score (nSPS) is 18.0. The number of benzene rings is 2. The van der Waals surface area contributed by atoms with E-state index in [9.17, 15) is 18.0 Å². The molecule has 2 aromatic rings. The number of hydrogen-bond acceptors (Lipinski definition) is 3. The fraction of sp³-hybridized carbons (Fsp3) is 0.176. The number of nitrogens with zero attached hydrogens (tertiary/aromatic N) is 2. The summed E-state index contributed by atoms with van der Waals surface area (Å²) in [7, 11) is 1.52. The Balaban J connectivity index is 2.30. The van der Waals surface area contributed by atoms with Crippen molar-refractivity contribution in [3.63, 3.8) is 0 Å². The molecule has 0 saturated heterocycles. The molecular weight excluding hydrogens is 319 g/mol. The summed E-state index contributed by atoms with van der Waals surface area (Å²) in [6.07, 6.45) is -5.81. The Morgan fingerprint density at radius 1 is 1.04 bits per heavy atom. The Kier molecular flexibility index (Phi) is 3.88. The monoisotopic (exact) mass is 333 g/mol. The van der Waals surface area contributed by atoms with E-state index in [1.165, 1.54) is 30.1 Å². The average molecular weight is 333 g/mol. The fourth-order valence-corrected chi connectivity index (χ4v) is 2.70. The number of likely N-dealkylation sites (N-methyl/N-ethyl adjacent to an activating group) is 1. The van der Waals surface area contributed by atoms with Crippen LogP contribution in [-0.2, 0) is 11.0 Å². The molecule has 0 aromatic heterocycles. The molecule has 0 radical (unpaired) electrons. The first-order chi connectivity index (χ1) is 11.3. The molecule has 24 heavy (non-hydrogen) atoms. The third kappa shape index (κ3) is 2.67. The maximum Gasteiger partial charge on any atom is 0.417 e. The van der Waals surface area contributed by atoms with E-state index in [2.05, 4.69) is 4.99 Å². The van der Waals surface area contributed by atoms with Crippen molar-refractivity contribution in [1.82, 2.24) is 0 Å². The SMILES string of the molecule is CN1C(=O)C(N)N=C(c2ccccc2C(F)(F)F)c2ccccc21. The maximum absolute atomic E-state index is 13.4. The number of anilines is 1. The van der Waals surface area contributed by atoms with Crippen molar-refractivity contribution in [3.05, 3.63) is 65.2 Å². The Morgan fingerprint density at radius 2 is 1.62 bits per heavy atom. The zero-order chi connectivity index (χ0) is 17.5. The predicted octanol–water partition coefficient (Wildman–Crippen LogP) is 2.80. The van der Waals surface area contributed by atoms with Crippen molar-refractivity contribution in [1.29, 1.82) is 0 Å². The molecular formula is C17H14F3N3O. The molecule has 0 spiro atoms. The van der Waals surface area contributed by atoms with Crippen molar-refractivity contribution >= 4 is 17.3 Å². The van der Waals surface area contributed by atoms with Crippen LogP contribution in [-0.4, -0.2) is 24.8 Å². The van der Waals surface area contributed by atoms with Crippen LogP contribution >= 0.6 is 0 Å². The summed E-state index contributed by atoms with van der Waals surface area (Å²) in [5.74, 6) is -0.484. The fourth-order valence-electron chi connectivity index (χ4n) is 2.70. The molecule has 3 rings (SSSR count). The van der Waals surface area contributed by atoms with Crippen molar-refractivity contribution in [2.24, 2.45) is 10.7 Å². The Bertz CT molecular complexity index is 830. The Labute approximate surface area is 136 Å². The summed E-state index contributed by atoms with van der Waals surface area (Å²) in [6.45, 7) is 0. The lowest BCUT2D eigenvalue weighted by Gasteiger charge is -2.19. The van der Waals surface area contributed by atoms with Gasteiger partial charge in [0.05, 0.1) is 17.0 Å². The van der Waals surface area contributed by atoms with Crippen molar-refractivity contribution < 1.29 is 18.0 Å². The number of halogens is 3. The van der Waals surface area contributed by atoms with Crippen LogP contribution < -0.4 is 10.6 Å². The summed E-state index contributed by atoms with van der Waals surface area (Å²) in [6, 6.07) is 11.8. The lowest BCUT2D eigenvalue weighted by atomic mass is 9.96. The highest BCUT2D eigenvalue weighted by molar-refractivity contribution is 6.20. The topological polar surface area (TPSA) is 58.7 Å². The molecule has 4 nitrogen and oxygen atoms in total. The van der Waals surface area contributed by atoms with Gasteiger partial charge in [-0.15, -0.1) is 0 Å². The quantitative estimate of drug-likeness (QED) is 0.872. The molecule has 2 aromatic carbocycles. The number of fused-ring (bicyclic) bond motifs is 1. The zero-order valence-corrected chi connectivity index (χ0v) is 12.7. The smallest absolute Gasteiger partial charge is 0.312 e. The van der Waals surface area contributed by atoms with Crippen molar-refractivity contribution in [2.45, 2.75) is 12.3 Å². The van der Waals surface area contributed by atoms with Gasteiger partial charge in [0.25, 0.3) is 5.91 Å². The first kappa shape index (κ1) is 16.2. The van der Waals surface area contributed by atoms with Crippen LogP contribution in [0, 0.1) is 0 Å². The molecule has 1 amide bonds. The molecule has 124 valence electrons. The van der Waals surface area contributed by atoms with Gasteiger partial charge in [0.15, 0.2) is 6.17 Å². The van der Waals surface area contributed by atoms with Crippen LogP contribution in [0.15, 0.2) is 53.5 Å². The molecule has 2 N–H and O–H groups in total. The van der Waals surface area contributed by atoms with E-state index in [0.29, 0.717) is 11.3 Å². The lowest BCUT2D eigenvalue weighted by Crippen LogP contribution is -2.39. The van der Waals surface area contributed by atoms with Crippen LogP contribution in [0.3, 0.4) is 0 Å². The summed E-state index contributed by atoms with van der Waals surface area (Å²) in [5.41, 5.74) is 5.81. The predicted molar refractivity (Wildman–Crippen MR) is 84.9 cm³/mol. The Hall–Kier alpha value is -2.67. The number of amides is 1. The minimum Gasteiger partial charge on any atom is -0.312 e. The molecule has 1 atom stereocenters. The highest BCUT2D eigenvalue weighted by atomic mass is 19.4. The molecule has 1 heterocycles. The van der Waals surface area contributed by atoms with Crippen LogP contribution in [0.5, 0.6) is 0 Å². The molecule has 0 saturated carbocycles. The standard InChI is InChI=1S/C17H14F3N3O/c1-23-13-9-5-3-7-11(13)14(22-15(21)16(23)24)10-6-2-4-8-12(10)17(18,19)20/h2-9,15H,21H2,1H3. The van der Waals surface area contributed by atoms with E-state index in [4.69, 9.17) is 5.73 Å². The number of nitrogens with two attached hydrogens (primary N) is 1. The second-order valence-corrected chi connectivity index (χ2v) is 5.38. The van der Waals surface area contributed by atoms with Crippen LogP contribution in [0.2, 0.25) is 0 Å². The van der Waals surface area contributed by atoms with Gasteiger partial charge in [-0.2, -0.15) is 13.2 Å². The van der Waals surface area contributed by atoms with Gasteiger partial charge in [0.1, 0.15) is 0 Å². The highest BCUT2D eigenvalue weighted by Crippen LogP contribution is 2.35. The summed E-state index contributed by atoms with van der Waals surface area (Å²) in [5, 5.41) is 0. The van der Waals surface area contributed by atoms with Crippen molar-refractivity contribution in [3.8, 4) is 0 Å². The van der Waals surface area contributed by atoms with Gasteiger partial charge < -0.3 is 10.6 Å². The molecule has 0 bridgehead atoms. The minimum atomic E-state index is -4.54. The number of alkyl halides is 3. The van der Waals surface area contributed by atoms with Gasteiger partial charge in [0.2, 0.25) is 0 Å². The van der Waals surface area contributed by atoms with Gasteiger partial charge in [-0.1, -0.05) is 36.4 Å². The summed E-state index contributed by atoms with van der Waals surface area (Å²) in [4.78, 5) is 17.6. The van der Waals surface area contributed by atoms with Gasteiger partial charge in [-0.25, -0.2) is 0 Å². The average Bonchev–Trinajstić information content (AvgIpc) is 2.65. The molecule has 1 aliphatic heterocycles. The second kappa shape index (κ2) is 5.76. The second-order valence-electron chi connectivity index (χ2n) is 5.38. The van der Waals surface area contributed by atoms with Gasteiger partial charge >= 0.3 is 6.18 Å². The van der Waals surface area contributed by atoms with E-state index in [0.717, 1.165) is 6.07 Å². The number of hydrogen-bond donors (Lipinski definition) is 1. The number of benzodiazepines with no additional fused rings is 1. The first-order valence-electron chi connectivity index (χ1n) is 7.17. The third-order valence-electron chi connectivity index (χ3n) is 3.86. The third-order valence-corrected chi connectivity index (χ3v) is 3.86. The number of carbonyl (C=O) groups excluding carboxylic acids is 1. The van der Waals surface area contributed by atoms with Gasteiger partial charge in [-0.05, 0) is 12.1 Å². The highest BCUT2D eigenvalue weighted by Gasteiger charge is 2.36. The van der Waals surface area contributed by atoms with Crippen LogP contribution in [0.25, 0.3) is 0 Å². The molecule has 1 aliphatic rings. The van der Waals surface area contributed by atoms with E-state index in [1.54, 1.807) is 24.3 Å². The Morgan fingerprint density at radius 3 is 2.29 bits per heavy atom. The summed E-state index contributed by atoms with van der Waals surface area (Å²) < 4.78 is 40.1. The van der Waals surface area contributed by atoms with E-state index >= 15 is 0 Å². The molecule has 0 fully saturated rings. The number of para-hydroxylation sites is 1. The molecule has 7 heteroatoms. The van der Waals surface area contributed by atoms with Gasteiger partial charge in [0, 0.05) is 18.2 Å². The molecule has 0 aliphatic carbocycles. The van der Waals surface area contributed by atoms with Crippen molar-refractivity contribution in [2.75, 3.05) is 11.9 Å². The lowest BCUT2D eigenvalue weighted by molar-refractivity contribution is -0.137. The maximum atomic E-state index is 13.4. The first-order valence-corrected chi connectivity index (χ1v) is 7.17.